The molecule has 1 amide bonds. The molecule has 1 aliphatic heterocycles. The van der Waals surface area contributed by atoms with Crippen molar-refractivity contribution in [3.05, 3.63) is 54.1 Å². The molecule has 0 aliphatic carbocycles. The van der Waals surface area contributed by atoms with Crippen LogP contribution in [-0.2, 0) is 11.3 Å². The van der Waals surface area contributed by atoms with E-state index in [4.69, 9.17) is 0 Å². The molecule has 0 atom stereocenters. The Morgan fingerprint density at radius 3 is 2.62 bits per heavy atom. The van der Waals surface area contributed by atoms with E-state index in [1.165, 1.54) is 0 Å². The Bertz CT molecular complexity index is 934. The highest BCUT2D eigenvalue weighted by molar-refractivity contribution is 5.99. The summed E-state index contributed by atoms with van der Waals surface area (Å²) in [5.74, 6) is -0.0152. The first kappa shape index (κ1) is 14.6. The predicted molar refractivity (Wildman–Crippen MR) is 88.9 cm³/mol. The number of carbonyl (C=O) groups is 1. The first-order valence-electron chi connectivity index (χ1n) is 7.80. The lowest BCUT2D eigenvalue weighted by molar-refractivity contribution is -0.118. The Hall–Kier alpha value is -3.02. The second kappa shape index (κ2) is 5.56. The molecular formula is C18H15FN4O. The van der Waals surface area contributed by atoms with Crippen LogP contribution in [0.5, 0.6) is 0 Å². The van der Waals surface area contributed by atoms with E-state index in [2.05, 4.69) is 10.3 Å². The largest absolute Gasteiger partial charge is 0.307 e. The van der Waals surface area contributed by atoms with E-state index in [0.29, 0.717) is 29.9 Å². The van der Waals surface area contributed by atoms with Gasteiger partial charge < -0.3 is 4.90 Å². The second-order valence-electron chi connectivity index (χ2n) is 5.65. The first-order valence-corrected chi connectivity index (χ1v) is 7.80. The second-order valence-corrected chi connectivity index (χ2v) is 5.65. The van der Waals surface area contributed by atoms with Crippen LogP contribution in [0.1, 0.15) is 18.9 Å². The predicted octanol–water partition coefficient (Wildman–Crippen LogP) is 3.60. The fourth-order valence-electron chi connectivity index (χ4n) is 3.14. The highest BCUT2D eigenvalue weighted by atomic mass is 19.2. The SMILES string of the molecule is CCC(=O)N1Cc2ccccc2-c2nnn(F)c2-c2ccccc21. The van der Waals surface area contributed by atoms with E-state index in [1.54, 1.807) is 11.0 Å². The van der Waals surface area contributed by atoms with Crippen LogP contribution in [0.2, 0.25) is 0 Å². The van der Waals surface area contributed by atoms with Gasteiger partial charge in [0.1, 0.15) is 11.4 Å². The summed E-state index contributed by atoms with van der Waals surface area (Å²) in [6.45, 7) is 2.24. The fourth-order valence-corrected chi connectivity index (χ4v) is 3.14. The molecule has 3 aromatic rings. The van der Waals surface area contributed by atoms with Crippen molar-refractivity contribution in [3.8, 4) is 22.5 Å². The topological polar surface area (TPSA) is 51.0 Å². The highest BCUT2D eigenvalue weighted by Gasteiger charge is 2.28. The summed E-state index contributed by atoms with van der Waals surface area (Å²) < 4.78 is 14.4. The van der Waals surface area contributed by atoms with Crippen molar-refractivity contribution in [2.24, 2.45) is 0 Å². The molecule has 5 nitrogen and oxygen atoms in total. The maximum Gasteiger partial charge on any atom is 0.227 e. The molecule has 0 fully saturated rings. The smallest absolute Gasteiger partial charge is 0.227 e. The monoisotopic (exact) mass is 322 g/mol. The molecule has 6 heteroatoms. The molecule has 0 spiro atoms. The molecule has 1 aromatic heterocycles. The first-order chi connectivity index (χ1) is 11.7. The van der Waals surface area contributed by atoms with Crippen LogP contribution in [-0.4, -0.2) is 21.1 Å². The lowest BCUT2D eigenvalue weighted by atomic mass is 9.96. The molecule has 24 heavy (non-hydrogen) atoms. The van der Waals surface area contributed by atoms with Crippen molar-refractivity contribution in [2.45, 2.75) is 19.9 Å². The van der Waals surface area contributed by atoms with Crippen LogP contribution >= 0.6 is 0 Å². The molecule has 4 rings (SSSR count). The van der Waals surface area contributed by atoms with Crippen molar-refractivity contribution >= 4 is 11.6 Å². The van der Waals surface area contributed by atoms with Gasteiger partial charge in [-0.15, -0.1) is 5.10 Å². The van der Waals surface area contributed by atoms with Gasteiger partial charge in [0.15, 0.2) is 0 Å². The third kappa shape index (κ3) is 2.11. The summed E-state index contributed by atoms with van der Waals surface area (Å²) in [4.78, 5) is 14.5. The van der Waals surface area contributed by atoms with Crippen molar-refractivity contribution < 1.29 is 9.28 Å². The number of nitrogens with zero attached hydrogens (tertiary/aromatic N) is 4. The summed E-state index contributed by atoms with van der Waals surface area (Å²) >= 11 is 0. The summed E-state index contributed by atoms with van der Waals surface area (Å²) in [6.07, 6.45) is 0.372. The molecule has 0 N–H and O–H groups in total. The Balaban J connectivity index is 2.07. The molecular weight excluding hydrogens is 307 g/mol. The number of hydrogen-bond donors (Lipinski definition) is 0. The Morgan fingerprint density at radius 2 is 1.83 bits per heavy atom. The number of benzene rings is 2. The normalized spacial score (nSPS) is 12.7. The summed E-state index contributed by atoms with van der Waals surface area (Å²) in [5, 5.41) is 7.59. The number of hydrogen-bond acceptors (Lipinski definition) is 3. The van der Waals surface area contributed by atoms with Gasteiger partial charge in [-0.2, -0.15) is 0 Å². The molecule has 0 saturated heterocycles. The molecule has 1 aliphatic rings. The zero-order valence-corrected chi connectivity index (χ0v) is 13.1. The van der Waals surface area contributed by atoms with Gasteiger partial charge in [-0.1, -0.05) is 58.8 Å². The summed E-state index contributed by atoms with van der Waals surface area (Å²) in [5.41, 5.74) is 3.74. The molecule has 0 saturated carbocycles. The number of para-hydroxylation sites is 1. The van der Waals surface area contributed by atoms with Crippen LogP contribution in [0.4, 0.5) is 10.2 Å². The van der Waals surface area contributed by atoms with E-state index < -0.39 is 0 Å². The van der Waals surface area contributed by atoms with Gasteiger partial charge >= 0.3 is 0 Å². The van der Waals surface area contributed by atoms with E-state index >= 15 is 0 Å². The van der Waals surface area contributed by atoms with Crippen molar-refractivity contribution in [1.29, 1.82) is 0 Å². The molecule has 0 unspecified atom stereocenters. The van der Waals surface area contributed by atoms with Gasteiger partial charge in [-0.05, 0) is 16.8 Å². The van der Waals surface area contributed by atoms with Gasteiger partial charge in [-0.3, -0.25) is 4.79 Å². The van der Waals surface area contributed by atoms with E-state index in [-0.39, 0.29) is 16.5 Å². The highest BCUT2D eigenvalue weighted by Crippen LogP contribution is 2.41. The minimum absolute atomic E-state index is 0.0152. The molecule has 0 bridgehead atoms. The van der Waals surface area contributed by atoms with E-state index in [1.807, 2.05) is 49.4 Å². The van der Waals surface area contributed by atoms with Gasteiger partial charge in [0.2, 0.25) is 5.91 Å². The maximum absolute atomic E-state index is 14.4. The Labute approximate surface area is 138 Å². The van der Waals surface area contributed by atoms with Gasteiger partial charge in [0.05, 0.1) is 12.2 Å². The number of aromatic nitrogens is 3. The lowest BCUT2D eigenvalue weighted by Crippen LogP contribution is -2.31. The average molecular weight is 322 g/mol. The quantitative estimate of drug-likeness (QED) is 0.688. The van der Waals surface area contributed by atoms with Crippen LogP contribution in [0.25, 0.3) is 22.5 Å². The van der Waals surface area contributed by atoms with E-state index in [0.717, 1.165) is 11.1 Å². The molecule has 0 radical (unpaired) electrons. The third-order valence-electron chi connectivity index (χ3n) is 4.29. The van der Waals surface area contributed by atoms with Gasteiger partial charge in [0, 0.05) is 17.5 Å². The summed E-state index contributed by atoms with van der Waals surface area (Å²) in [6, 6.07) is 14.9. The minimum Gasteiger partial charge on any atom is -0.307 e. The zero-order chi connectivity index (χ0) is 16.7. The lowest BCUT2D eigenvalue weighted by Gasteiger charge is -2.27. The number of anilines is 1. The number of fused-ring (bicyclic) bond motifs is 5. The van der Waals surface area contributed by atoms with Gasteiger partial charge in [-0.25, -0.2) is 0 Å². The molecule has 2 heterocycles. The number of rotatable bonds is 1. The Kier molecular flexibility index (Phi) is 3.37. The van der Waals surface area contributed by atoms with Crippen LogP contribution in [0.15, 0.2) is 48.5 Å². The van der Waals surface area contributed by atoms with Crippen LogP contribution < -0.4 is 4.90 Å². The van der Waals surface area contributed by atoms with E-state index in [9.17, 15) is 9.28 Å². The third-order valence-corrected chi connectivity index (χ3v) is 4.29. The zero-order valence-electron chi connectivity index (χ0n) is 13.1. The Morgan fingerprint density at radius 1 is 1.12 bits per heavy atom. The standard InChI is InChI=1S/C18H15FN4O/c1-2-16(24)22-11-12-7-3-4-8-13(12)17-18(23(19)21-20-17)14-9-5-6-10-15(14)22/h3-10H,2,11H2,1H3. The molecule has 2 aromatic carbocycles. The van der Waals surface area contributed by atoms with Crippen LogP contribution in [0.3, 0.4) is 0 Å². The number of carbonyl (C=O) groups excluding carboxylic acids is 1. The minimum atomic E-state index is -0.0152. The van der Waals surface area contributed by atoms with Crippen molar-refractivity contribution in [1.82, 2.24) is 15.2 Å². The average Bonchev–Trinajstić information content (AvgIpc) is 2.99. The number of amides is 1. The number of halogens is 1. The van der Waals surface area contributed by atoms with Crippen molar-refractivity contribution in [2.75, 3.05) is 4.90 Å². The van der Waals surface area contributed by atoms with Crippen molar-refractivity contribution in [3.63, 3.8) is 0 Å². The maximum atomic E-state index is 14.4. The van der Waals surface area contributed by atoms with Gasteiger partial charge in [0.25, 0.3) is 0 Å². The molecule has 120 valence electrons. The summed E-state index contributed by atoms with van der Waals surface area (Å²) in [7, 11) is 0. The fraction of sp³-hybridized carbons (Fsp3) is 0.167. The van der Waals surface area contributed by atoms with Crippen LogP contribution in [0, 0.1) is 0 Å².